The molecule has 0 atom stereocenters. The third-order valence-corrected chi connectivity index (χ3v) is 7.57. The van der Waals surface area contributed by atoms with E-state index in [1.54, 1.807) is 34.5 Å². The zero-order chi connectivity index (χ0) is 25.7. The Kier molecular flexibility index (Phi) is 8.56. The van der Waals surface area contributed by atoms with E-state index in [0.717, 1.165) is 34.7 Å². The molecule has 0 aliphatic carbocycles. The average molecular weight is 542 g/mol. The zero-order valence-corrected chi connectivity index (χ0v) is 22.0. The number of unbranched alkanes of at least 4 members (excludes halogenated alkanes) is 1. The maximum atomic E-state index is 13.3. The Balaban J connectivity index is 1.53. The highest BCUT2D eigenvalue weighted by Crippen LogP contribution is 2.29. The van der Waals surface area contributed by atoms with E-state index in [0.29, 0.717) is 29.4 Å². The first kappa shape index (κ1) is 26.1. The number of carbonyl (C=O) groups is 1. The van der Waals surface area contributed by atoms with E-state index in [1.807, 2.05) is 42.5 Å². The fourth-order valence-corrected chi connectivity index (χ4v) is 5.25. The van der Waals surface area contributed by atoms with Crippen LogP contribution in [0.4, 0.5) is 0 Å². The summed E-state index contributed by atoms with van der Waals surface area (Å²) in [5.41, 5.74) is 2.19. The van der Waals surface area contributed by atoms with Crippen molar-refractivity contribution in [2.75, 3.05) is 0 Å². The summed E-state index contributed by atoms with van der Waals surface area (Å²) in [5.74, 6) is 0.237. The molecule has 0 saturated carbocycles. The molecule has 0 spiro atoms. The maximum Gasteiger partial charge on any atom is 0.351 e. The van der Waals surface area contributed by atoms with Gasteiger partial charge < -0.3 is 5.11 Å². The van der Waals surface area contributed by atoms with Gasteiger partial charge in [0.1, 0.15) is 5.82 Å². The van der Waals surface area contributed by atoms with Gasteiger partial charge in [0.2, 0.25) is 0 Å². The van der Waals surface area contributed by atoms with Gasteiger partial charge in [-0.25, -0.2) is 9.59 Å². The Hall–Kier alpha value is -3.00. The SMILES string of the molecule is CCCCc1nn(-c2ccccc2Cl)c(=O)n1Cc1ccc(SCc2cccc(C(=O)O)c2Cl)cc1. The molecule has 0 bridgehead atoms. The van der Waals surface area contributed by atoms with E-state index in [4.69, 9.17) is 23.2 Å². The summed E-state index contributed by atoms with van der Waals surface area (Å²) in [6.07, 6.45) is 2.63. The highest BCUT2D eigenvalue weighted by Gasteiger charge is 2.17. The van der Waals surface area contributed by atoms with Crippen molar-refractivity contribution in [2.24, 2.45) is 0 Å². The number of nitrogens with zero attached hydrogens (tertiary/aromatic N) is 3. The summed E-state index contributed by atoms with van der Waals surface area (Å²) in [5, 5.41) is 14.6. The average Bonchev–Trinajstić information content (AvgIpc) is 3.17. The van der Waals surface area contributed by atoms with Crippen molar-refractivity contribution in [2.45, 2.75) is 43.4 Å². The van der Waals surface area contributed by atoms with Crippen LogP contribution in [0.2, 0.25) is 10.0 Å². The zero-order valence-electron chi connectivity index (χ0n) is 19.7. The predicted molar refractivity (Wildman–Crippen MR) is 145 cm³/mol. The third-order valence-electron chi connectivity index (χ3n) is 5.74. The molecule has 0 aliphatic rings. The van der Waals surface area contributed by atoms with Gasteiger partial charge in [-0.15, -0.1) is 16.9 Å². The van der Waals surface area contributed by atoms with Gasteiger partial charge in [0.15, 0.2) is 0 Å². The minimum atomic E-state index is -1.04. The van der Waals surface area contributed by atoms with Crippen LogP contribution in [0.5, 0.6) is 0 Å². The van der Waals surface area contributed by atoms with Crippen LogP contribution in [0, 0.1) is 0 Å². The third kappa shape index (κ3) is 5.86. The van der Waals surface area contributed by atoms with Crippen molar-refractivity contribution in [1.29, 1.82) is 0 Å². The molecule has 36 heavy (non-hydrogen) atoms. The first-order valence-corrected chi connectivity index (χ1v) is 13.3. The van der Waals surface area contributed by atoms with Gasteiger partial charge in [-0.05, 0) is 47.9 Å². The van der Waals surface area contributed by atoms with E-state index in [9.17, 15) is 14.7 Å². The fraction of sp³-hybridized carbons (Fsp3) is 0.222. The first-order chi connectivity index (χ1) is 17.4. The number of halogens is 2. The lowest BCUT2D eigenvalue weighted by Crippen LogP contribution is -2.25. The van der Waals surface area contributed by atoms with E-state index >= 15 is 0 Å². The van der Waals surface area contributed by atoms with Crippen molar-refractivity contribution in [3.8, 4) is 5.69 Å². The van der Waals surface area contributed by atoms with E-state index < -0.39 is 5.97 Å². The standard InChI is InChI=1S/C27H25Cl2N3O3S/c1-2-3-11-24-30-32(23-10-5-4-9-22(23)28)27(35)31(24)16-18-12-14-20(15-13-18)36-17-19-7-6-8-21(25(19)29)26(33)34/h4-10,12-15H,2-3,11,16-17H2,1H3,(H,33,34). The van der Waals surface area contributed by atoms with Gasteiger partial charge in [0.05, 0.1) is 27.8 Å². The Morgan fingerprint density at radius 3 is 2.47 bits per heavy atom. The Labute approximate surface area is 223 Å². The van der Waals surface area contributed by atoms with Crippen LogP contribution < -0.4 is 5.69 Å². The van der Waals surface area contributed by atoms with Crippen molar-refractivity contribution < 1.29 is 9.90 Å². The van der Waals surface area contributed by atoms with Gasteiger partial charge in [-0.2, -0.15) is 4.68 Å². The van der Waals surface area contributed by atoms with Crippen molar-refractivity contribution in [3.05, 3.63) is 110 Å². The summed E-state index contributed by atoms with van der Waals surface area (Å²) in [7, 11) is 0. The number of thioether (sulfide) groups is 1. The van der Waals surface area contributed by atoms with Crippen molar-refractivity contribution in [3.63, 3.8) is 0 Å². The van der Waals surface area contributed by atoms with Crippen LogP contribution in [0.1, 0.15) is 47.1 Å². The maximum absolute atomic E-state index is 13.3. The van der Waals surface area contributed by atoms with E-state index in [1.165, 1.54) is 10.7 Å². The van der Waals surface area contributed by atoms with Crippen molar-refractivity contribution in [1.82, 2.24) is 14.3 Å². The number of benzene rings is 3. The topological polar surface area (TPSA) is 77.1 Å². The molecular weight excluding hydrogens is 517 g/mol. The van der Waals surface area contributed by atoms with Crippen LogP contribution in [-0.2, 0) is 18.7 Å². The summed E-state index contributed by atoms with van der Waals surface area (Å²) >= 11 is 14.2. The molecule has 4 rings (SSSR count). The van der Waals surface area contributed by atoms with Gasteiger partial charge in [0.25, 0.3) is 0 Å². The minimum Gasteiger partial charge on any atom is -0.478 e. The highest BCUT2D eigenvalue weighted by molar-refractivity contribution is 7.98. The number of hydrogen-bond acceptors (Lipinski definition) is 4. The molecule has 6 nitrogen and oxygen atoms in total. The van der Waals surface area contributed by atoms with Crippen LogP contribution >= 0.6 is 35.0 Å². The summed E-state index contributed by atoms with van der Waals surface area (Å²) in [6.45, 7) is 2.51. The molecule has 0 aliphatic heterocycles. The van der Waals surface area contributed by atoms with Crippen molar-refractivity contribution >= 4 is 40.9 Å². The molecule has 9 heteroatoms. The van der Waals surface area contributed by atoms with Gasteiger partial charge in [-0.1, -0.05) is 72.9 Å². The number of carboxylic acid groups (broad SMARTS) is 1. The molecule has 1 N–H and O–H groups in total. The molecule has 0 unspecified atom stereocenters. The first-order valence-electron chi connectivity index (χ1n) is 11.5. The van der Waals surface area contributed by atoms with E-state index in [2.05, 4.69) is 12.0 Å². The Bertz CT molecular complexity index is 1430. The number of para-hydroxylation sites is 1. The van der Waals surface area contributed by atoms with Crippen LogP contribution in [0.25, 0.3) is 5.69 Å². The molecule has 0 saturated heterocycles. The lowest BCUT2D eigenvalue weighted by Gasteiger charge is -2.09. The Morgan fingerprint density at radius 1 is 1.03 bits per heavy atom. The number of aryl methyl sites for hydroxylation is 1. The molecule has 1 aromatic heterocycles. The lowest BCUT2D eigenvalue weighted by molar-refractivity contribution is 0.0697. The molecule has 0 radical (unpaired) electrons. The summed E-state index contributed by atoms with van der Waals surface area (Å²) in [6, 6.07) is 20.2. The number of hydrogen-bond donors (Lipinski definition) is 1. The van der Waals surface area contributed by atoms with Crippen LogP contribution in [0.15, 0.2) is 76.4 Å². The monoisotopic (exact) mass is 541 g/mol. The predicted octanol–water partition coefficient (Wildman–Crippen LogP) is 6.72. The smallest absolute Gasteiger partial charge is 0.351 e. The van der Waals surface area contributed by atoms with E-state index in [-0.39, 0.29) is 16.3 Å². The van der Waals surface area contributed by atoms with Crippen LogP contribution in [-0.4, -0.2) is 25.4 Å². The second-order valence-electron chi connectivity index (χ2n) is 8.27. The fourth-order valence-electron chi connectivity index (χ4n) is 3.79. The minimum absolute atomic E-state index is 0.103. The number of aromatic nitrogens is 3. The molecule has 4 aromatic rings. The lowest BCUT2D eigenvalue weighted by atomic mass is 10.1. The second kappa shape index (κ2) is 11.8. The van der Waals surface area contributed by atoms with Gasteiger partial charge in [-0.3, -0.25) is 4.57 Å². The van der Waals surface area contributed by atoms with Gasteiger partial charge >= 0.3 is 11.7 Å². The Morgan fingerprint density at radius 2 is 1.78 bits per heavy atom. The highest BCUT2D eigenvalue weighted by atomic mass is 35.5. The molecule has 0 amide bonds. The number of carboxylic acids is 1. The van der Waals surface area contributed by atoms with Gasteiger partial charge in [0, 0.05) is 17.1 Å². The second-order valence-corrected chi connectivity index (χ2v) is 10.1. The summed E-state index contributed by atoms with van der Waals surface area (Å²) < 4.78 is 3.09. The molecule has 0 fully saturated rings. The van der Waals surface area contributed by atoms with Crippen LogP contribution in [0.3, 0.4) is 0 Å². The normalized spacial score (nSPS) is 11.1. The molecule has 1 heterocycles. The number of rotatable bonds is 10. The largest absolute Gasteiger partial charge is 0.478 e. The molecular formula is C27H25Cl2N3O3S. The quantitative estimate of drug-likeness (QED) is 0.225. The summed E-state index contributed by atoms with van der Waals surface area (Å²) in [4.78, 5) is 25.6. The molecule has 3 aromatic carbocycles. The molecule has 186 valence electrons. The number of aromatic carboxylic acids is 1.